The van der Waals surface area contributed by atoms with E-state index in [2.05, 4.69) is 5.32 Å². The number of nitrogens with one attached hydrogen (secondary N) is 1. The van der Waals surface area contributed by atoms with E-state index >= 15 is 0 Å². The average Bonchev–Trinajstić information content (AvgIpc) is 3.69. The third-order valence-corrected chi connectivity index (χ3v) is 8.10. The number of halogens is 1. The van der Waals surface area contributed by atoms with Gasteiger partial charge in [-0.05, 0) is 60.2 Å². The van der Waals surface area contributed by atoms with Crippen molar-refractivity contribution in [1.82, 2.24) is 15.1 Å². The molecule has 1 N–H and O–H groups in total. The second-order valence-electron chi connectivity index (χ2n) is 10.0. The molecule has 2 aromatic heterocycles. The lowest BCUT2D eigenvalue weighted by atomic mass is 10.0. The lowest BCUT2D eigenvalue weighted by Crippen LogP contribution is -2.53. The van der Waals surface area contributed by atoms with Crippen LogP contribution in [0.5, 0.6) is 5.06 Å². The number of likely N-dealkylation sites (tertiary alicyclic amines) is 2. The van der Waals surface area contributed by atoms with Crippen LogP contribution in [0.15, 0.2) is 59.0 Å². The maximum Gasteiger partial charge on any atom is 0.414 e. The number of fused-ring (bicyclic) bond motifs is 1. The molecule has 0 saturated carbocycles. The van der Waals surface area contributed by atoms with Gasteiger partial charge in [-0.15, -0.1) is 0 Å². The predicted octanol–water partition coefficient (Wildman–Crippen LogP) is 4.86. The largest absolute Gasteiger partial charge is 0.440 e. The van der Waals surface area contributed by atoms with E-state index in [0.29, 0.717) is 24.4 Å². The van der Waals surface area contributed by atoms with Crippen LogP contribution in [0.1, 0.15) is 37.2 Å². The smallest absolute Gasteiger partial charge is 0.414 e. The first kappa shape index (κ1) is 27.0. The van der Waals surface area contributed by atoms with Crippen molar-refractivity contribution in [3.8, 4) is 15.5 Å². The van der Waals surface area contributed by atoms with Crippen LogP contribution in [-0.2, 0) is 9.59 Å². The maximum atomic E-state index is 13.7. The van der Waals surface area contributed by atoms with Crippen LogP contribution in [0.4, 0.5) is 4.79 Å². The number of thiophene rings is 1. The summed E-state index contributed by atoms with van der Waals surface area (Å²) in [6, 6.07) is 14.1. The van der Waals surface area contributed by atoms with Crippen molar-refractivity contribution in [2.75, 3.05) is 13.1 Å². The van der Waals surface area contributed by atoms with Crippen molar-refractivity contribution >= 4 is 46.6 Å². The molecule has 2 fully saturated rings. The van der Waals surface area contributed by atoms with E-state index in [1.807, 2.05) is 50.2 Å². The second-order valence-corrected chi connectivity index (χ2v) is 11.5. The van der Waals surface area contributed by atoms with Gasteiger partial charge >= 0.3 is 6.09 Å². The zero-order valence-corrected chi connectivity index (χ0v) is 23.0. The summed E-state index contributed by atoms with van der Waals surface area (Å²) in [6.45, 7) is 4.06. The third-order valence-electron chi connectivity index (χ3n) is 6.88. The minimum Gasteiger partial charge on any atom is -0.440 e. The predicted molar refractivity (Wildman–Crippen MR) is 146 cm³/mol. The van der Waals surface area contributed by atoms with Gasteiger partial charge in [0.25, 0.3) is 5.91 Å². The molecule has 5 rings (SSSR count). The molecule has 11 heteroatoms. The summed E-state index contributed by atoms with van der Waals surface area (Å²) in [5.74, 6) is -0.902. The van der Waals surface area contributed by atoms with E-state index in [9.17, 15) is 19.2 Å². The number of Topliss-reactive ketones (excluding diaryl/α,β-unsaturated/α-hetero) is 1. The van der Waals surface area contributed by atoms with Gasteiger partial charge in [-0.3, -0.25) is 14.4 Å². The van der Waals surface area contributed by atoms with Crippen molar-refractivity contribution in [2.45, 2.75) is 44.8 Å². The van der Waals surface area contributed by atoms with Crippen LogP contribution in [-0.4, -0.2) is 64.7 Å². The van der Waals surface area contributed by atoms with E-state index in [1.165, 1.54) is 33.3 Å². The highest BCUT2D eigenvalue weighted by Crippen LogP contribution is 2.34. The SMILES string of the molecule is CC(C)CC(NC(=O)Oc1ccc(-c2ccccc2)s1)C(=O)N1CCC2C1C(=O)CN2C(=O)c1ccc(Cl)o1. The minimum atomic E-state index is -0.883. The molecule has 0 radical (unpaired) electrons. The Labute approximate surface area is 234 Å². The summed E-state index contributed by atoms with van der Waals surface area (Å²) in [6.07, 6.45) is 0.0671. The molecule has 3 amide bonds. The average molecular weight is 570 g/mol. The van der Waals surface area contributed by atoms with Crippen molar-refractivity contribution < 1.29 is 28.3 Å². The van der Waals surface area contributed by atoms with Gasteiger partial charge in [-0.25, -0.2) is 4.79 Å². The lowest BCUT2D eigenvalue weighted by Gasteiger charge is -2.28. The number of rotatable bonds is 7. The molecule has 2 saturated heterocycles. The fourth-order valence-corrected chi connectivity index (χ4v) is 6.20. The Bertz CT molecular complexity index is 1390. The normalized spacial score (nSPS) is 19.3. The number of ether oxygens (including phenoxy) is 1. The highest BCUT2D eigenvalue weighted by atomic mass is 35.5. The molecule has 0 aliphatic carbocycles. The lowest BCUT2D eigenvalue weighted by molar-refractivity contribution is -0.138. The molecular formula is C28H28ClN3O6S. The molecule has 0 spiro atoms. The Kier molecular flexibility index (Phi) is 7.76. The van der Waals surface area contributed by atoms with Crippen molar-refractivity contribution in [1.29, 1.82) is 0 Å². The molecule has 9 nitrogen and oxygen atoms in total. The van der Waals surface area contributed by atoms with Gasteiger partial charge in [0.2, 0.25) is 5.91 Å². The molecular weight excluding hydrogens is 542 g/mol. The Morgan fingerprint density at radius 3 is 2.56 bits per heavy atom. The summed E-state index contributed by atoms with van der Waals surface area (Å²) in [7, 11) is 0. The third kappa shape index (κ3) is 5.72. The number of carbonyl (C=O) groups is 4. The summed E-state index contributed by atoms with van der Waals surface area (Å²) >= 11 is 7.14. The number of amides is 3. The van der Waals surface area contributed by atoms with E-state index in [-0.39, 0.29) is 35.1 Å². The van der Waals surface area contributed by atoms with Crippen molar-refractivity contribution in [3.05, 3.63) is 65.6 Å². The topological polar surface area (TPSA) is 109 Å². The molecule has 0 bridgehead atoms. The number of carbonyl (C=O) groups excluding carboxylic acids is 4. The number of benzene rings is 1. The Morgan fingerprint density at radius 2 is 1.87 bits per heavy atom. The highest BCUT2D eigenvalue weighted by molar-refractivity contribution is 7.17. The monoisotopic (exact) mass is 569 g/mol. The first-order valence-electron chi connectivity index (χ1n) is 12.7. The van der Waals surface area contributed by atoms with Gasteiger partial charge in [-0.1, -0.05) is 55.5 Å². The summed E-state index contributed by atoms with van der Waals surface area (Å²) in [4.78, 5) is 56.3. The van der Waals surface area contributed by atoms with E-state index in [4.69, 9.17) is 20.8 Å². The minimum absolute atomic E-state index is 0.0457. The van der Waals surface area contributed by atoms with Crippen LogP contribution in [0.25, 0.3) is 10.4 Å². The van der Waals surface area contributed by atoms with Crippen LogP contribution in [0, 0.1) is 5.92 Å². The molecule has 2 aliphatic heterocycles. The fourth-order valence-electron chi connectivity index (χ4n) is 5.20. The molecule has 3 aromatic rings. The quantitative estimate of drug-likeness (QED) is 0.435. The molecule has 39 heavy (non-hydrogen) atoms. The van der Waals surface area contributed by atoms with Crippen molar-refractivity contribution in [2.24, 2.45) is 5.92 Å². The highest BCUT2D eigenvalue weighted by Gasteiger charge is 2.52. The van der Waals surface area contributed by atoms with Gasteiger partial charge < -0.3 is 24.3 Å². The van der Waals surface area contributed by atoms with Crippen LogP contribution in [0.3, 0.4) is 0 Å². The summed E-state index contributed by atoms with van der Waals surface area (Å²) < 4.78 is 10.7. The van der Waals surface area contributed by atoms with Gasteiger partial charge in [0, 0.05) is 11.4 Å². The number of hydrogen-bond acceptors (Lipinski definition) is 7. The van der Waals surface area contributed by atoms with Gasteiger partial charge in [-0.2, -0.15) is 0 Å². The molecule has 4 heterocycles. The van der Waals surface area contributed by atoms with Gasteiger partial charge in [0.1, 0.15) is 12.1 Å². The number of ketones is 1. The molecule has 204 valence electrons. The zero-order valence-electron chi connectivity index (χ0n) is 21.5. The summed E-state index contributed by atoms with van der Waals surface area (Å²) in [5.41, 5.74) is 1.01. The fraction of sp³-hybridized carbons (Fsp3) is 0.357. The number of furan rings is 1. The standard InChI is InChI=1S/C28H28ClN3O6S/c1-16(2)14-18(30-28(36)38-24-11-9-22(39-24)17-6-4-3-5-7-17)26(34)31-13-12-19-25(31)20(33)15-32(19)27(35)21-8-10-23(29)37-21/h3-11,16,18-19,25H,12-15H2,1-2H3,(H,30,36). The Morgan fingerprint density at radius 1 is 1.10 bits per heavy atom. The molecule has 1 aromatic carbocycles. The second kappa shape index (κ2) is 11.2. The van der Waals surface area contributed by atoms with Crippen molar-refractivity contribution in [3.63, 3.8) is 0 Å². The number of hydrogen-bond donors (Lipinski definition) is 1. The first-order valence-corrected chi connectivity index (χ1v) is 13.9. The number of nitrogens with zero attached hydrogens (tertiary/aromatic N) is 2. The van der Waals surface area contributed by atoms with Gasteiger partial charge in [0.15, 0.2) is 21.8 Å². The molecule has 3 unspecified atom stereocenters. The molecule has 3 atom stereocenters. The van der Waals surface area contributed by atoms with E-state index in [1.54, 1.807) is 6.07 Å². The zero-order chi connectivity index (χ0) is 27.7. The Balaban J connectivity index is 1.26. The van der Waals surface area contributed by atoms with Crippen LogP contribution < -0.4 is 10.1 Å². The summed E-state index contributed by atoms with van der Waals surface area (Å²) in [5, 5.41) is 3.20. The first-order chi connectivity index (χ1) is 18.7. The van der Waals surface area contributed by atoms with E-state index < -0.39 is 30.1 Å². The van der Waals surface area contributed by atoms with E-state index in [0.717, 1.165) is 10.4 Å². The Hall–Kier alpha value is -3.63. The maximum absolute atomic E-state index is 13.7. The van der Waals surface area contributed by atoms with Gasteiger partial charge in [0.05, 0.1) is 12.6 Å². The van der Waals surface area contributed by atoms with Crippen LogP contribution >= 0.6 is 22.9 Å². The molecule has 2 aliphatic rings. The van der Waals surface area contributed by atoms with Crippen LogP contribution in [0.2, 0.25) is 5.22 Å².